The highest BCUT2D eigenvalue weighted by Gasteiger charge is 2.30. The molecule has 40 heavy (non-hydrogen) atoms. The molecule has 0 aromatic rings. The summed E-state index contributed by atoms with van der Waals surface area (Å²) in [7, 11) is 0. The van der Waals surface area contributed by atoms with Crippen LogP contribution in [0.2, 0.25) is 0 Å². The molecule has 2 amide bonds. The van der Waals surface area contributed by atoms with E-state index in [9.17, 15) is 28.8 Å². The molecule has 0 radical (unpaired) electrons. The number of hydrogen-bond donors (Lipinski definition) is 4. The lowest BCUT2D eigenvalue weighted by atomic mass is 10.1. The highest BCUT2D eigenvalue weighted by atomic mass is 16.6. The predicted octanol–water partition coefficient (Wildman–Crippen LogP) is 1.73. The van der Waals surface area contributed by atoms with Crippen molar-refractivity contribution in [2.75, 3.05) is 0 Å². The van der Waals surface area contributed by atoms with Crippen LogP contribution in [0.4, 0.5) is 0 Å². The first kappa shape index (κ1) is 36.8. The zero-order chi connectivity index (χ0) is 31.5. The van der Waals surface area contributed by atoms with E-state index in [1.165, 1.54) is 0 Å². The normalized spacial score (nSPS) is 14.2. The number of carbonyl (C=O) groups excluding carboxylic acids is 5. The molecule has 0 aliphatic carbocycles. The lowest BCUT2D eigenvalue weighted by Crippen LogP contribution is -2.47. The maximum absolute atomic E-state index is 12.8. The summed E-state index contributed by atoms with van der Waals surface area (Å²) < 4.78 is 15.8. The summed E-state index contributed by atoms with van der Waals surface area (Å²) in [6.45, 7) is 14.9. The van der Waals surface area contributed by atoms with Crippen molar-refractivity contribution in [1.82, 2.24) is 10.6 Å². The highest BCUT2D eigenvalue weighted by Crippen LogP contribution is 2.14. The van der Waals surface area contributed by atoms with E-state index in [1.54, 1.807) is 62.3 Å². The third kappa shape index (κ3) is 18.1. The van der Waals surface area contributed by atoms with E-state index >= 15 is 0 Å². The third-order valence-electron chi connectivity index (χ3n) is 4.75. The monoisotopic (exact) mass is 573 g/mol. The van der Waals surface area contributed by atoms with Crippen LogP contribution in [0.15, 0.2) is 0 Å². The number of hydrogen-bond acceptors (Lipinski definition) is 10. The van der Waals surface area contributed by atoms with Gasteiger partial charge < -0.3 is 35.7 Å². The summed E-state index contributed by atoms with van der Waals surface area (Å²) >= 11 is 0. The zero-order valence-electron chi connectivity index (χ0n) is 25.2. The van der Waals surface area contributed by atoms with Gasteiger partial charge in [-0.05, 0) is 81.6 Å². The number of ether oxygens (including phenoxy) is 3. The third-order valence-corrected chi connectivity index (χ3v) is 4.75. The first-order valence-corrected chi connectivity index (χ1v) is 13.2. The van der Waals surface area contributed by atoms with Crippen molar-refractivity contribution in [3.8, 4) is 0 Å². The van der Waals surface area contributed by atoms with E-state index in [0.29, 0.717) is 0 Å². The standard InChI is InChI=1S/C27H47N3O10/c1-25(2,3)38-22(35)16(28)10-13-19(31)29-17(23(36)39-26(4,5)6)11-14-20(32)30-18(12-15-21(33)34)24(37)40-27(7,8)9/h16-18H,10-15,28H2,1-9H3,(H,29,31)(H,30,32)(H,33,34). The van der Waals surface area contributed by atoms with E-state index in [1.807, 2.05) is 0 Å². The van der Waals surface area contributed by atoms with Crippen LogP contribution >= 0.6 is 0 Å². The number of carbonyl (C=O) groups is 6. The minimum Gasteiger partial charge on any atom is -0.481 e. The molecule has 3 unspecified atom stereocenters. The summed E-state index contributed by atoms with van der Waals surface area (Å²) in [6, 6.07) is -3.48. The molecule has 0 saturated heterocycles. The van der Waals surface area contributed by atoms with E-state index in [4.69, 9.17) is 25.1 Å². The second-order valence-electron chi connectivity index (χ2n) is 12.5. The summed E-state index contributed by atoms with van der Waals surface area (Å²) in [4.78, 5) is 73.6. The molecule has 3 atom stereocenters. The van der Waals surface area contributed by atoms with E-state index in [-0.39, 0.29) is 38.5 Å². The lowest BCUT2D eigenvalue weighted by Gasteiger charge is -2.26. The molecule has 0 heterocycles. The molecule has 0 bridgehead atoms. The number of nitrogens with one attached hydrogen (secondary N) is 2. The van der Waals surface area contributed by atoms with Crippen molar-refractivity contribution < 1.29 is 48.1 Å². The van der Waals surface area contributed by atoms with Gasteiger partial charge in [0.15, 0.2) is 0 Å². The second kappa shape index (κ2) is 15.5. The average molecular weight is 574 g/mol. The maximum Gasteiger partial charge on any atom is 0.329 e. The van der Waals surface area contributed by atoms with E-state index in [2.05, 4.69) is 10.6 Å². The summed E-state index contributed by atoms with van der Waals surface area (Å²) in [6.07, 6.45) is -1.28. The molecule has 0 aromatic carbocycles. The Labute approximate surface area is 236 Å². The first-order chi connectivity index (χ1) is 18.0. The molecule has 13 nitrogen and oxygen atoms in total. The Hall–Kier alpha value is -3.22. The van der Waals surface area contributed by atoms with Gasteiger partial charge in [-0.2, -0.15) is 0 Å². The Morgan fingerprint density at radius 3 is 1.27 bits per heavy atom. The van der Waals surface area contributed by atoms with Gasteiger partial charge in [-0.15, -0.1) is 0 Å². The second-order valence-corrected chi connectivity index (χ2v) is 12.5. The van der Waals surface area contributed by atoms with Gasteiger partial charge in [0.05, 0.1) is 0 Å². The molecular formula is C27H47N3O10. The van der Waals surface area contributed by atoms with Crippen molar-refractivity contribution in [2.24, 2.45) is 5.73 Å². The summed E-state index contributed by atoms with van der Waals surface area (Å²) in [5, 5.41) is 14.0. The lowest BCUT2D eigenvalue weighted by molar-refractivity contribution is -0.160. The number of esters is 3. The Bertz CT molecular complexity index is 913. The van der Waals surface area contributed by atoms with Gasteiger partial charge in [0.2, 0.25) is 11.8 Å². The zero-order valence-corrected chi connectivity index (χ0v) is 25.2. The minimum atomic E-state index is -1.22. The summed E-state index contributed by atoms with van der Waals surface area (Å²) in [5.41, 5.74) is 3.35. The Morgan fingerprint density at radius 1 is 0.600 bits per heavy atom. The topological polar surface area (TPSA) is 200 Å². The quantitative estimate of drug-likeness (QED) is 0.174. The molecule has 0 saturated carbocycles. The Balaban J connectivity index is 5.34. The van der Waals surface area contributed by atoms with Crippen molar-refractivity contribution in [2.45, 2.75) is 136 Å². The number of aliphatic carboxylic acids is 1. The number of rotatable bonds is 14. The molecule has 13 heteroatoms. The number of nitrogens with two attached hydrogens (primary N) is 1. The van der Waals surface area contributed by atoms with E-state index in [0.717, 1.165) is 0 Å². The van der Waals surface area contributed by atoms with Crippen LogP contribution in [0.5, 0.6) is 0 Å². The van der Waals surface area contributed by atoms with Crippen LogP contribution in [-0.4, -0.2) is 75.7 Å². The van der Waals surface area contributed by atoms with Crippen molar-refractivity contribution in [3.05, 3.63) is 0 Å². The molecule has 5 N–H and O–H groups in total. The number of carboxylic acid groups (broad SMARTS) is 1. The summed E-state index contributed by atoms with van der Waals surface area (Å²) in [5.74, 6) is -4.63. The van der Waals surface area contributed by atoms with Crippen molar-refractivity contribution >= 4 is 35.7 Å². The molecule has 0 rings (SSSR count). The van der Waals surface area contributed by atoms with Gasteiger partial charge in [0.1, 0.15) is 34.9 Å². The molecule has 230 valence electrons. The Kier molecular flexibility index (Phi) is 14.3. The fourth-order valence-electron chi connectivity index (χ4n) is 3.10. The van der Waals surface area contributed by atoms with Crippen LogP contribution in [0.25, 0.3) is 0 Å². The maximum atomic E-state index is 12.8. The van der Waals surface area contributed by atoms with Crippen molar-refractivity contribution in [3.63, 3.8) is 0 Å². The van der Waals surface area contributed by atoms with Crippen LogP contribution < -0.4 is 16.4 Å². The van der Waals surface area contributed by atoms with Gasteiger partial charge in [0, 0.05) is 19.3 Å². The molecular weight excluding hydrogens is 526 g/mol. The van der Waals surface area contributed by atoms with Crippen molar-refractivity contribution in [1.29, 1.82) is 0 Å². The largest absolute Gasteiger partial charge is 0.481 e. The van der Waals surface area contributed by atoms with Gasteiger partial charge >= 0.3 is 23.9 Å². The average Bonchev–Trinajstić information content (AvgIpc) is 2.73. The first-order valence-electron chi connectivity index (χ1n) is 13.2. The van der Waals surface area contributed by atoms with Crippen LogP contribution in [-0.2, 0) is 43.0 Å². The molecule has 0 aliphatic heterocycles. The molecule has 0 fully saturated rings. The molecule has 0 spiro atoms. The van der Waals surface area contributed by atoms with Gasteiger partial charge in [-0.1, -0.05) is 0 Å². The number of carboxylic acids is 1. The van der Waals surface area contributed by atoms with Crippen LogP contribution in [0.3, 0.4) is 0 Å². The van der Waals surface area contributed by atoms with Gasteiger partial charge in [-0.25, -0.2) is 9.59 Å². The van der Waals surface area contributed by atoms with Crippen LogP contribution in [0.1, 0.15) is 101 Å². The fraction of sp³-hybridized carbons (Fsp3) is 0.778. The van der Waals surface area contributed by atoms with Gasteiger partial charge in [0.25, 0.3) is 0 Å². The van der Waals surface area contributed by atoms with E-state index < -0.39 is 70.6 Å². The minimum absolute atomic E-state index is 0.0383. The molecule has 0 aliphatic rings. The fourth-order valence-corrected chi connectivity index (χ4v) is 3.10. The van der Waals surface area contributed by atoms with Crippen LogP contribution in [0, 0.1) is 0 Å². The number of amides is 2. The highest BCUT2D eigenvalue weighted by molar-refractivity contribution is 5.87. The van der Waals surface area contributed by atoms with Gasteiger partial charge in [-0.3, -0.25) is 19.2 Å². The SMILES string of the molecule is CC(C)(C)OC(=O)C(N)CCC(=O)NC(CCC(=O)NC(CCC(=O)O)C(=O)OC(C)(C)C)C(=O)OC(C)(C)C. The smallest absolute Gasteiger partial charge is 0.329 e. The Morgan fingerprint density at radius 2 is 0.925 bits per heavy atom. The predicted molar refractivity (Wildman–Crippen MR) is 145 cm³/mol. The molecule has 0 aromatic heterocycles.